The van der Waals surface area contributed by atoms with Gasteiger partial charge in [0.05, 0.1) is 11.5 Å². The molecule has 4 fully saturated rings. The first-order chi connectivity index (χ1) is 11.0. The second-order valence-electron chi connectivity index (χ2n) is 7.70. The van der Waals surface area contributed by atoms with Crippen LogP contribution in [0, 0.1) is 33.3 Å². The molecule has 6 heteroatoms. The van der Waals surface area contributed by atoms with Crippen molar-refractivity contribution in [3.05, 3.63) is 38.8 Å². The SMILES string of the molecule is O=C(Cn1cccc([N+](=O)[O-])c1=O)C12CC3CC(CC(C3)C1)C2. The normalized spacial score (nSPS) is 34.5. The minimum Gasteiger partial charge on any atom is -0.302 e. The maximum Gasteiger partial charge on any atom is 0.334 e. The van der Waals surface area contributed by atoms with Gasteiger partial charge in [-0.15, -0.1) is 0 Å². The number of Topliss-reactive ketones (excluding diaryl/α,β-unsaturated/α-hetero) is 1. The quantitative estimate of drug-likeness (QED) is 0.631. The van der Waals surface area contributed by atoms with Gasteiger partial charge < -0.3 is 4.57 Å². The van der Waals surface area contributed by atoms with E-state index in [0.717, 1.165) is 19.3 Å². The van der Waals surface area contributed by atoms with Crippen molar-refractivity contribution < 1.29 is 9.72 Å². The van der Waals surface area contributed by atoms with Crippen LogP contribution in [0.3, 0.4) is 0 Å². The van der Waals surface area contributed by atoms with Gasteiger partial charge in [-0.25, -0.2) is 0 Å². The van der Waals surface area contributed by atoms with Crippen LogP contribution in [-0.2, 0) is 11.3 Å². The first-order valence-electron chi connectivity index (χ1n) is 8.34. The van der Waals surface area contributed by atoms with Gasteiger partial charge in [-0.05, 0) is 62.3 Å². The van der Waals surface area contributed by atoms with Crippen molar-refractivity contribution in [3.8, 4) is 0 Å². The molecule has 1 aromatic rings. The molecule has 0 unspecified atom stereocenters. The number of pyridine rings is 1. The number of rotatable bonds is 4. The molecule has 4 aliphatic carbocycles. The van der Waals surface area contributed by atoms with Crippen LogP contribution in [0.2, 0.25) is 0 Å². The Hall–Kier alpha value is -1.98. The Labute approximate surface area is 133 Å². The highest BCUT2D eigenvalue weighted by atomic mass is 16.6. The Morgan fingerprint density at radius 1 is 1.22 bits per heavy atom. The van der Waals surface area contributed by atoms with Crippen molar-refractivity contribution >= 4 is 11.5 Å². The lowest BCUT2D eigenvalue weighted by Crippen LogP contribution is -2.51. The van der Waals surface area contributed by atoms with E-state index in [2.05, 4.69) is 0 Å². The highest BCUT2D eigenvalue weighted by Gasteiger charge is 2.54. The molecule has 0 amide bonds. The summed E-state index contributed by atoms with van der Waals surface area (Å²) in [6, 6.07) is 2.65. The van der Waals surface area contributed by atoms with Crippen LogP contribution < -0.4 is 5.56 Å². The summed E-state index contributed by atoms with van der Waals surface area (Å²) in [7, 11) is 0. The first kappa shape index (κ1) is 14.6. The summed E-state index contributed by atoms with van der Waals surface area (Å²) in [5.41, 5.74) is -1.43. The third kappa shape index (κ3) is 2.31. The van der Waals surface area contributed by atoms with Gasteiger partial charge in [-0.2, -0.15) is 0 Å². The lowest BCUT2D eigenvalue weighted by Gasteiger charge is -2.56. The van der Waals surface area contributed by atoms with Gasteiger partial charge in [-0.1, -0.05) is 0 Å². The topological polar surface area (TPSA) is 82.2 Å². The predicted octanol–water partition coefficient (Wildman–Crippen LogP) is 2.54. The van der Waals surface area contributed by atoms with Crippen molar-refractivity contribution in [1.82, 2.24) is 4.57 Å². The van der Waals surface area contributed by atoms with E-state index in [4.69, 9.17) is 0 Å². The van der Waals surface area contributed by atoms with Gasteiger partial charge in [0.2, 0.25) is 0 Å². The van der Waals surface area contributed by atoms with Gasteiger partial charge in [-0.3, -0.25) is 19.7 Å². The third-order valence-electron chi connectivity index (χ3n) is 6.14. The van der Waals surface area contributed by atoms with Gasteiger partial charge in [0.15, 0.2) is 5.78 Å². The van der Waals surface area contributed by atoms with Crippen molar-refractivity contribution in [2.75, 3.05) is 0 Å². The summed E-state index contributed by atoms with van der Waals surface area (Å²) in [6.45, 7) is -0.0350. The molecule has 4 bridgehead atoms. The third-order valence-corrected chi connectivity index (χ3v) is 6.14. The van der Waals surface area contributed by atoms with Crippen molar-refractivity contribution in [2.45, 2.75) is 45.1 Å². The zero-order valence-electron chi connectivity index (χ0n) is 12.9. The van der Waals surface area contributed by atoms with E-state index in [1.165, 1.54) is 42.2 Å². The van der Waals surface area contributed by atoms with E-state index in [9.17, 15) is 19.7 Å². The van der Waals surface area contributed by atoms with Crippen LogP contribution in [0.25, 0.3) is 0 Å². The lowest BCUT2D eigenvalue weighted by atomic mass is 9.48. The van der Waals surface area contributed by atoms with Gasteiger partial charge >= 0.3 is 11.2 Å². The van der Waals surface area contributed by atoms with Gasteiger partial charge in [0.25, 0.3) is 0 Å². The molecule has 5 rings (SSSR count). The fraction of sp³-hybridized carbons (Fsp3) is 0.647. The highest BCUT2D eigenvalue weighted by Crippen LogP contribution is 2.60. The summed E-state index contributed by atoms with van der Waals surface area (Å²) in [6.07, 6.45) is 8.08. The van der Waals surface area contributed by atoms with Crippen LogP contribution in [0.15, 0.2) is 23.1 Å². The zero-order valence-corrected chi connectivity index (χ0v) is 12.9. The van der Waals surface area contributed by atoms with Gasteiger partial charge in [0.1, 0.15) is 0 Å². The number of ketones is 1. The summed E-state index contributed by atoms with van der Waals surface area (Å²) >= 11 is 0. The monoisotopic (exact) mass is 316 g/mol. The second kappa shape index (κ2) is 5.01. The number of nitro groups is 1. The smallest absolute Gasteiger partial charge is 0.302 e. The maximum atomic E-state index is 13.0. The standard InChI is InChI=1S/C17H20N2O4/c20-15(10-18-3-1-2-14(16(18)21)19(22)23)17-7-11-4-12(8-17)6-13(5-11)9-17/h1-3,11-13H,4-10H2. The second-order valence-corrected chi connectivity index (χ2v) is 7.70. The largest absolute Gasteiger partial charge is 0.334 e. The molecule has 0 N–H and O–H groups in total. The molecule has 6 nitrogen and oxygen atoms in total. The molecule has 4 saturated carbocycles. The summed E-state index contributed by atoms with van der Waals surface area (Å²) in [4.78, 5) is 35.3. The fourth-order valence-electron chi connectivity index (χ4n) is 5.56. The first-order valence-corrected chi connectivity index (χ1v) is 8.34. The van der Waals surface area contributed by atoms with Crippen LogP contribution in [-0.4, -0.2) is 15.3 Å². The zero-order chi connectivity index (χ0) is 16.2. The fourth-order valence-corrected chi connectivity index (χ4v) is 5.56. The maximum absolute atomic E-state index is 13.0. The number of hydrogen-bond acceptors (Lipinski definition) is 4. The molecule has 0 aliphatic heterocycles. The summed E-state index contributed by atoms with van der Waals surface area (Å²) in [5.74, 6) is 2.07. The highest BCUT2D eigenvalue weighted by molar-refractivity contribution is 5.85. The minimum atomic E-state index is -0.686. The number of hydrogen-bond donors (Lipinski definition) is 0. The molecule has 122 valence electrons. The van der Waals surface area contributed by atoms with Crippen LogP contribution in [0.1, 0.15) is 38.5 Å². The molecule has 0 spiro atoms. The molecule has 1 aromatic heterocycles. The summed E-state index contributed by atoms with van der Waals surface area (Å²) < 4.78 is 1.21. The molecule has 4 aliphatic rings. The predicted molar refractivity (Wildman–Crippen MR) is 83.0 cm³/mol. The number of aromatic nitrogens is 1. The van der Waals surface area contributed by atoms with E-state index in [1.54, 1.807) is 0 Å². The Bertz CT molecular complexity index is 701. The molecule has 0 saturated heterocycles. The Balaban J connectivity index is 1.60. The Morgan fingerprint density at radius 3 is 2.30 bits per heavy atom. The van der Waals surface area contributed by atoms with Crippen LogP contribution in [0.5, 0.6) is 0 Å². The lowest BCUT2D eigenvalue weighted by molar-refractivity contribution is -0.386. The van der Waals surface area contributed by atoms with E-state index in [0.29, 0.717) is 17.8 Å². The summed E-state index contributed by atoms with van der Waals surface area (Å²) in [5, 5.41) is 10.9. The van der Waals surface area contributed by atoms with E-state index < -0.39 is 16.2 Å². The molecule has 0 atom stereocenters. The number of carbonyl (C=O) groups is 1. The Kier molecular flexibility index (Phi) is 3.18. The molecular weight excluding hydrogens is 296 g/mol. The van der Waals surface area contributed by atoms with Gasteiger partial charge in [0, 0.05) is 17.7 Å². The molecule has 0 radical (unpaired) electrons. The van der Waals surface area contributed by atoms with Crippen LogP contribution >= 0.6 is 0 Å². The van der Waals surface area contributed by atoms with Crippen molar-refractivity contribution in [1.29, 1.82) is 0 Å². The van der Waals surface area contributed by atoms with Crippen molar-refractivity contribution in [3.63, 3.8) is 0 Å². The molecular formula is C17H20N2O4. The van der Waals surface area contributed by atoms with E-state index >= 15 is 0 Å². The molecule has 1 heterocycles. The Morgan fingerprint density at radius 2 is 1.78 bits per heavy atom. The van der Waals surface area contributed by atoms with E-state index in [1.807, 2.05) is 0 Å². The molecule has 0 aromatic carbocycles. The average molecular weight is 316 g/mol. The van der Waals surface area contributed by atoms with E-state index in [-0.39, 0.29) is 17.7 Å². The molecule has 23 heavy (non-hydrogen) atoms. The minimum absolute atomic E-state index is 0.0350. The van der Waals surface area contributed by atoms with Crippen molar-refractivity contribution in [2.24, 2.45) is 23.2 Å². The van der Waals surface area contributed by atoms with Crippen LogP contribution in [0.4, 0.5) is 5.69 Å². The number of nitrogens with zero attached hydrogens (tertiary/aromatic N) is 2. The average Bonchev–Trinajstić information content (AvgIpc) is 2.47. The number of carbonyl (C=O) groups excluding carboxylic acids is 1.